The summed E-state index contributed by atoms with van der Waals surface area (Å²) in [6.45, 7) is 4.24. The minimum Gasteiger partial charge on any atom is -0.497 e. The lowest BCUT2D eigenvalue weighted by Gasteiger charge is -2.25. The van der Waals surface area contributed by atoms with Crippen LogP contribution >= 0.6 is 0 Å². The van der Waals surface area contributed by atoms with Crippen molar-refractivity contribution in [3.05, 3.63) is 79.0 Å². The number of ether oxygens (including phenoxy) is 2. The molecular weight excluding hydrogens is 402 g/mol. The summed E-state index contributed by atoms with van der Waals surface area (Å²) in [4.78, 5) is 23.8. The summed E-state index contributed by atoms with van der Waals surface area (Å²) in [5.74, 6) is 1.26. The number of anilines is 1. The van der Waals surface area contributed by atoms with E-state index < -0.39 is 6.10 Å². The van der Waals surface area contributed by atoms with E-state index in [9.17, 15) is 4.79 Å². The summed E-state index contributed by atoms with van der Waals surface area (Å²) in [6.07, 6.45) is 1.13. The number of amides is 1. The molecule has 4 aromatic rings. The van der Waals surface area contributed by atoms with Crippen molar-refractivity contribution in [3.8, 4) is 22.8 Å². The second-order valence-electron chi connectivity index (χ2n) is 7.31. The summed E-state index contributed by atoms with van der Waals surface area (Å²) in [7, 11) is 1.62. The molecule has 6 nitrogen and oxygen atoms in total. The van der Waals surface area contributed by atoms with Gasteiger partial charge < -0.3 is 14.4 Å². The van der Waals surface area contributed by atoms with E-state index in [0.29, 0.717) is 12.3 Å². The second-order valence-corrected chi connectivity index (χ2v) is 7.31. The monoisotopic (exact) mass is 427 g/mol. The third kappa shape index (κ3) is 4.54. The molecule has 1 unspecified atom stereocenters. The number of carbonyl (C=O) groups excluding carboxylic acids is 1. The van der Waals surface area contributed by atoms with Gasteiger partial charge in [0.15, 0.2) is 6.10 Å². The van der Waals surface area contributed by atoms with E-state index in [-0.39, 0.29) is 5.91 Å². The first-order valence-corrected chi connectivity index (χ1v) is 10.5. The molecule has 0 fully saturated rings. The van der Waals surface area contributed by atoms with Crippen molar-refractivity contribution in [1.29, 1.82) is 0 Å². The number of nitrogens with zero attached hydrogens (tertiary/aromatic N) is 3. The van der Waals surface area contributed by atoms with E-state index in [1.807, 2.05) is 79.7 Å². The van der Waals surface area contributed by atoms with Crippen LogP contribution in [0.4, 0.5) is 5.69 Å². The van der Waals surface area contributed by atoms with Crippen LogP contribution in [0, 0.1) is 0 Å². The third-order valence-electron chi connectivity index (χ3n) is 5.23. The first-order chi connectivity index (χ1) is 15.6. The lowest BCUT2D eigenvalue weighted by molar-refractivity contribution is -0.124. The topological polar surface area (TPSA) is 64.6 Å². The maximum atomic E-state index is 13.0. The number of rotatable bonds is 7. The SMILES string of the molecule is CCN(C(=O)C(C)Oc1ccc(-c2cnc3ccccc3n2)cc1)c1ccc(OC)cc1. The minimum absolute atomic E-state index is 0.109. The number of hydrogen-bond acceptors (Lipinski definition) is 5. The molecule has 1 aromatic heterocycles. The van der Waals surface area contributed by atoms with Crippen molar-refractivity contribution >= 4 is 22.6 Å². The molecule has 162 valence electrons. The fraction of sp³-hybridized carbons (Fsp3) is 0.192. The Bertz CT molecular complexity index is 1210. The largest absolute Gasteiger partial charge is 0.497 e. The molecular formula is C26H25N3O3. The van der Waals surface area contributed by atoms with Gasteiger partial charge in [0.25, 0.3) is 5.91 Å². The van der Waals surface area contributed by atoms with Crippen molar-refractivity contribution < 1.29 is 14.3 Å². The van der Waals surface area contributed by atoms with Gasteiger partial charge in [0.05, 0.1) is 30.0 Å². The summed E-state index contributed by atoms with van der Waals surface area (Å²) in [5.41, 5.74) is 4.24. The predicted molar refractivity (Wildman–Crippen MR) is 126 cm³/mol. The molecule has 0 radical (unpaired) electrons. The van der Waals surface area contributed by atoms with E-state index in [4.69, 9.17) is 9.47 Å². The van der Waals surface area contributed by atoms with Gasteiger partial charge in [0.1, 0.15) is 11.5 Å². The Morgan fingerprint density at radius 2 is 1.59 bits per heavy atom. The molecule has 1 atom stereocenters. The highest BCUT2D eigenvalue weighted by molar-refractivity contribution is 5.96. The number of aromatic nitrogens is 2. The summed E-state index contributed by atoms with van der Waals surface area (Å²) < 4.78 is 11.1. The zero-order valence-corrected chi connectivity index (χ0v) is 18.4. The number of methoxy groups -OCH3 is 1. The van der Waals surface area contributed by atoms with Gasteiger partial charge in [-0.3, -0.25) is 9.78 Å². The molecule has 0 saturated heterocycles. The quantitative estimate of drug-likeness (QED) is 0.409. The van der Waals surface area contributed by atoms with Gasteiger partial charge in [-0.2, -0.15) is 0 Å². The maximum Gasteiger partial charge on any atom is 0.267 e. The number of fused-ring (bicyclic) bond motifs is 1. The van der Waals surface area contributed by atoms with Crippen molar-refractivity contribution in [3.63, 3.8) is 0 Å². The minimum atomic E-state index is -0.636. The van der Waals surface area contributed by atoms with Crippen LogP contribution in [0.15, 0.2) is 79.0 Å². The van der Waals surface area contributed by atoms with Crippen LogP contribution in [-0.4, -0.2) is 35.6 Å². The van der Waals surface area contributed by atoms with Crippen LogP contribution in [0.5, 0.6) is 11.5 Å². The Balaban J connectivity index is 1.46. The van der Waals surface area contributed by atoms with E-state index in [1.165, 1.54) is 0 Å². The van der Waals surface area contributed by atoms with E-state index >= 15 is 0 Å². The number of para-hydroxylation sites is 2. The highest BCUT2D eigenvalue weighted by atomic mass is 16.5. The smallest absolute Gasteiger partial charge is 0.267 e. The number of likely N-dealkylation sites (N-methyl/N-ethyl adjacent to an activating group) is 1. The second kappa shape index (κ2) is 9.47. The van der Waals surface area contributed by atoms with Crippen molar-refractivity contribution in [2.45, 2.75) is 20.0 Å². The summed E-state index contributed by atoms with van der Waals surface area (Å²) >= 11 is 0. The zero-order valence-electron chi connectivity index (χ0n) is 18.4. The van der Waals surface area contributed by atoms with Crippen LogP contribution in [-0.2, 0) is 4.79 Å². The van der Waals surface area contributed by atoms with Crippen molar-refractivity contribution in [1.82, 2.24) is 9.97 Å². The molecule has 0 aliphatic heterocycles. The highest BCUT2D eigenvalue weighted by Gasteiger charge is 2.22. The molecule has 0 saturated carbocycles. The average Bonchev–Trinajstić information content (AvgIpc) is 2.85. The first-order valence-electron chi connectivity index (χ1n) is 10.5. The molecule has 32 heavy (non-hydrogen) atoms. The number of benzene rings is 3. The Morgan fingerprint density at radius 3 is 2.25 bits per heavy atom. The normalized spacial score (nSPS) is 11.7. The number of carbonyl (C=O) groups is 1. The first kappa shape index (κ1) is 21.3. The van der Waals surface area contributed by atoms with Crippen LogP contribution in [0.1, 0.15) is 13.8 Å². The van der Waals surface area contributed by atoms with E-state index in [2.05, 4.69) is 9.97 Å². The van der Waals surface area contributed by atoms with Gasteiger partial charge >= 0.3 is 0 Å². The average molecular weight is 428 g/mol. The Morgan fingerprint density at radius 1 is 0.938 bits per heavy atom. The van der Waals surface area contributed by atoms with Gasteiger partial charge in [-0.05, 0) is 74.5 Å². The molecule has 3 aromatic carbocycles. The molecule has 1 amide bonds. The van der Waals surface area contributed by atoms with Crippen LogP contribution in [0.3, 0.4) is 0 Å². The fourth-order valence-electron chi connectivity index (χ4n) is 3.50. The molecule has 6 heteroatoms. The van der Waals surface area contributed by atoms with Gasteiger partial charge in [-0.1, -0.05) is 12.1 Å². The zero-order chi connectivity index (χ0) is 22.5. The fourth-order valence-corrected chi connectivity index (χ4v) is 3.50. The Labute approximate surface area is 187 Å². The van der Waals surface area contributed by atoms with Gasteiger partial charge in [0, 0.05) is 17.8 Å². The molecule has 0 aliphatic carbocycles. The van der Waals surface area contributed by atoms with Crippen LogP contribution in [0.2, 0.25) is 0 Å². The maximum absolute atomic E-state index is 13.0. The van der Waals surface area contributed by atoms with Crippen LogP contribution < -0.4 is 14.4 Å². The van der Waals surface area contributed by atoms with Crippen LogP contribution in [0.25, 0.3) is 22.3 Å². The molecule has 0 aliphatic rings. The highest BCUT2D eigenvalue weighted by Crippen LogP contribution is 2.24. The lowest BCUT2D eigenvalue weighted by atomic mass is 10.1. The molecule has 1 heterocycles. The van der Waals surface area contributed by atoms with E-state index in [1.54, 1.807) is 25.1 Å². The molecule has 4 rings (SSSR count). The summed E-state index contributed by atoms with van der Waals surface area (Å²) in [5, 5.41) is 0. The third-order valence-corrected chi connectivity index (χ3v) is 5.23. The lowest BCUT2D eigenvalue weighted by Crippen LogP contribution is -2.40. The Hall–Kier alpha value is -3.93. The van der Waals surface area contributed by atoms with Crippen molar-refractivity contribution in [2.75, 3.05) is 18.6 Å². The molecule has 0 spiro atoms. The Kier molecular flexibility index (Phi) is 6.31. The van der Waals surface area contributed by atoms with Gasteiger partial charge in [-0.25, -0.2) is 4.98 Å². The predicted octanol–water partition coefficient (Wildman–Crippen LogP) is 5.13. The molecule has 0 bridgehead atoms. The molecule has 0 N–H and O–H groups in total. The van der Waals surface area contributed by atoms with Crippen molar-refractivity contribution in [2.24, 2.45) is 0 Å². The van der Waals surface area contributed by atoms with Gasteiger partial charge in [-0.15, -0.1) is 0 Å². The van der Waals surface area contributed by atoms with E-state index in [0.717, 1.165) is 33.7 Å². The van der Waals surface area contributed by atoms with Gasteiger partial charge in [0.2, 0.25) is 0 Å². The standard InChI is InChI=1S/C26H25N3O3/c1-4-29(20-11-15-21(31-3)16-12-20)26(30)18(2)32-22-13-9-19(10-14-22)25-17-27-23-7-5-6-8-24(23)28-25/h5-18H,4H2,1-3H3. The summed E-state index contributed by atoms with van der Waals surface area (Å²) in [6, 6.07) is 22.7. The number of hydrogen-bond donors (Lipinski definition) is 0.